The van der Waals surface area contributed by atoms with Crippen molar-refractivity contribution in [2.75, 3.05) is 13.2 Å². The lowest BCUT2D eigenvalue weighted by Crippen LogP contribution is -2.63. The van der Waals surface area contributed by atoms with Gasteiger partial charge in [0.05, 0.1) is 25.7 Å². The molecule has 0 aliphatic carbocycles. The number of hydrogen-bond donors (Lipinski definition) is 13. The molecule has 0 spiro atoms. The first-order valence-electron chi connectivity index (χ1n) is 27.7. The van der Waals surface area contributed by atoms with Crippen LogP contribution in [0.3, 0.4) is 0 Å². The highest BCUT2D eigenvalue weighted by Crippen LogP contribution is 2.16. The van der Waals surface area contributed by atoms with Gasteiger partial charge >= 0.3 is 11.9 Å². The van der Waals surface area contributed by atoms with Crippen LogP contribution in [0.5, 0.6) is 0 Å². The number of aliphatic carboxylic acids is 1. The summed E-state index contributed by atoms with van der Waals surface area (Å²) in [7, 11) is 0. The van der Waals surface area contributed by atoms with Gasteiger partial charge in [-0.1, -0.05) is 114 Å². The van der Waals surface area contributed by atoms with Crippen LogP contribution in [0.25, 0.3) is 0 Å². The maximum Gasteiger partial charge on any atom is 0.329 e. The molecule has 1 saturated heterocycles. The number of unbranched alkanes of at least 4 members (excludes halogenated alkanes) is 4. The number of nitrogens with one attached hydrogen (secondary N) is 9. The number of hydrogen-bond acceptors (Lipinski definition) is 15. The lowest BCUT2D eigenvalue weighted by molar-refractivity contribution is -0.158. The van der Waals surface area contributed by atoms with Gasteiger partial charge in [0.25, 0.3) is 0 Å². The molecule has 1 aliphatic heterocycles. The maximum atomic E-state index is 14.6. The van der Waals surface area contributed by atoms with Gasteiger partial charge in [0.1, 0.15) is 60.5 Å². The van der Waals surface area contributed by atoms with Crippen molar-refractivity contribution in [1.82, 2.24) is 47.9 Å². The van der Waals surface area contributed by atoms with Gasteiger partial charge in [-0.2, -0.15) is 0 Å². The number of carboxylic acids is 1. The zero-order valence-corrected chi connectivity index (χ0v) is 47.7. The summed E-state index contributed by atoms with van der Waals surface area (Å²) in [4.78, 5) is 152. The second-order valence-corrected chi connectivity index (χ2v) is 21.6. The van der Waals surface area contributed by atoms with Crippen molar-refractivity contribution in [3.63, 3.8) is 0 Å². The minimum absolute atomic E-state index is 0.00929. The van der Waals surface area contributed by atoms with Crippen LogP contribution in [0.15, 0.2) is 0 Å². The van der Waals surface area contributed by atoms with Gasteiger partial charge in [-0.05, 0) is 62.7 Å². The van der Waals surface area contributed by atoms with Crippen LogP contribution < -0.4 is 47.9 Å². The fraction of sp³-hybridized carbons (Fsp3) is 0.792. The van der Waals surface area contributed by atoms with E-state index in [1.807, 2.05) is 0 Å². The third-order valence-corrected chi connectivity index (χ3v) is 13.2. The van der Waals surface area contributed by atoms with E-state index in [2.05, 4.69) is 54.8 Å². The number of aliphatic hydroxyl groups excluding tert-OH is 3. The van der Waals surface area contributed by atoms with Crippen LogP contribution in [0.2, 0.25) is 0 Å². The summed E-state index contributed by atoms with van der Waals surface area (Å²) in [5.41, 5.74) is 0. The molecular weight excluding hydrogens is 1020 g/mol. The third kappa shape index (κ3) is 25.2. The highest BCUT2D eigenvalue weighted by molar-refractivity contribution is 5.99. The summed E-state index contributed by atoms with van der Waals surface area (Å²) < 4.78 is 5.81. The summed E-state index contributed by atoms with van der Waals surface area (Å²) in [5.74, 6) is -13.2. The first kappa shape index (κ1) is 70.1. The molecule has 0 aromatic rings. The molecule has 13 N–H and O–H groups in total. The van der Waals surface area contributed by atoms with E-state index in [1.54, 1.807) is 62.3 Å². The summed E-state index contributed by atoms with van der Waals surface area (Å²) >= 11 is 0. The predicted molar refractivity (Wildman–Crippen MR) is 286 cm³/mol. The van der Waals surface area contributed by atoms with Gasteiger partial charge in [-0.15, -0.1) is 0 Å². The molecule has 25 nitrogen and oxygen atoms in total. The Balaban J connectivity index is 3.96. The van der Waals surface area contributed by atoms with Gasteiger partial charge in [0, 0.05) is 6.42 Å². The van der Waals surface area contributed by atoms with E-state index in [0.717, 1.165) is 25.7 Å². The number of aliphatic hydroxyl groups is 3. The Labute approximate surface area is 459 Å². The molecule has 9 amide bonds. The highest BCUT2D eigenvalue weighted by atomic mass is 16.5. The van der Waals surface area contributed by atoms with Crippen molar-refractivity contribution >= 4 is 65.1 Å². The molecule has 0 aromatic heterocycles. The van der Waals surface area contributed by atoms with Crippen LogP contribution in [-0.4, -0.2) is 165 Å². The van der Waals surface area contributed by atoms with Gasteiger partial charge in [0.15, 0.2) is 0 Å². The van der Waals surface area contributed by atoms with E-state index in [-0.39, 0.29) is 43.9 Å². The van der Waals surface area contributed by atoms with Crippen LogP contribution in [-0.2, 0) is 57.5 Å². The molecule has 0 saturated carbocycles. The molecule has 0 aromatic carbocycles. The molecular formula is C53H93N9O16. The number of esters is 1. The molecule has 1 rings (SSSR count). The summed E-state index contributed by atoms with van der Waals surface area (Å²) in [6, 6.07) is -14.0. The molecule has 0 radical (unpaired) electrons. The molecule has 446 valence electrons. The summed E-state index contributed by atoms with van der Waals surface area (Å²) in [5, 5.41) is 63.3. The van der Waals surface area contributed by atoms with E-state index in [4.69, 9.17) is 4.74 Å². The van der Waals surface area contributed by atoms with Gasteiger partial charge in [-0.25, -0.2) is 4.79 Å². The van der Waals surface area contributed by atoms with E-state index < -0.39 is 170 Å². The van der Waals surface area contributed by atoms with Gasteiger partial charge in [-0.3, -0.25) is 47.9 Å². The number of carbonyl (C=O) groups excluding carboxylic acids is 10. The van der Waals surface area contributed by atoms with E-state index in [0.29, 0.717) is 19.3 Å². The second kappa shape index (κ2) is 36.3. The van der Waals surface area contributed by atoms with Gasteiger partial charge in [0.2, 0.25) is 53.2 Å². The van der Waals surface area contributed by atoms with Crippen LogP contribution in [0.4, 0.5) is 0 Å². The zero-order chi connectivity index (χ0) is 59.4. The number of amides is 9. The van der Waals surface area contributed by atoms with Crippen LogP contribution in [0, 0.1) is 23.7 Å². The fourth-order valence-electron chi connectivity index (χ4n) is 8.47. The average Bonchev–Trinajstić information content (AvgIpc) is 3.36. The fourth-order valence-corrected chi connectivity index (χ4v) is 8.47. The molecule has 12 atom stereocenters. The topological polar surface area (TPSA) is 386 Å². The Morgan fingerprint density at radius 3 is 1.55 bits per heavy atom. The van der Waals surface area contributed by atoms with E-state index in [1.165, 1.54) is 6.92 Å². The highest BCUT2D eigenvalue weighted by Gasteiger charge is 2.40. The first-order valence-corrected chi connectivity index (χ1v) is 27.7. The minimum atomic E-state index is -1.94. The van der Waals surface area contributed by atoms with Crippen LogP contribution in [0.1, 0.15) is 166 Å². The Morgan fingerprint density at radius 2 is 1.06 bits per heavy atom. The third-order valence-electron chi connectivity index (χ3n) is 13.2. The molecule has 78 heavy (non-hydrogen) atoms. The standard InChI is InChI=1S/C53H93N9O16/c1-12-15-16-17-18-20-33(65)25-40(66)54-34(19-13-2)45(69)55-35(21-22-41(67)68)46(70)62-44-32(11)78-53(77)43(31(10)14-3)61-50(74)39(27-64)59-47(71)36(23-28(4)5)56-49(73)38(26-63)58-48(72)37(24-29(6)7)57-51(75)42(30(8)9)60-52(44)76/h28-39,42-44,63-65H,12-27H2,1-11H3,(H,54,66)(H,55,69)(H,56,73)(H,57,75)(H,58,72)(H,59,71)(H,60,76)(H,61,74)(H,62,70)(H,67,68)/t31?,32?,33-,34-,35+,36-,37-,38+,39+,42+,43-,44+/m0/s1. The zero-order valence-electron chi connectivity index (χ0n) is 47.7. The number of carbonyl (C=O) groups is 11. The maximum absolute atomic E-state index is 14.6. The largest absolute Gasteiger partial charge is 0.481 e. The Morgan fingerprint density at radius 1 is 0.577 bits per heavy atom. The SMILES string of the molecule is CCCCCCC[C@H](O)CC(=O)N[C@@H](CCC)C(=O)N[C@H](CCC(=O)O)C(=O)N[C@H]1C(=O)N[C@H](C(C)C)C(=O)N[C@@H](CC(C)C)C(=O)N[C@H](CO)C(=O)N[C@@H](CC(C)C)C(=O)N[C@H](CO)C(=O)N[C@@H](C(C)CC)C(=O)OC1C. The quantitative estimate of drug-likeness (QED) is 0.0376. The molecule has 2 unspecified atom stereocenters. The normalized spacial score (nSPS) is 24.1. The average molecular weight is 1110 g/mol. The van der Waals surface area contributed by atoms with Crippen molar-refractivity contribution in [3.8, 4) is 0 Å². The molecule has 0 bridgehead atoms. The van der Waals surface area contributed by atoms with Gasteiger partial charge < -0.3 is 73.0 Å². The Bertz CT molecular complexity index is 1990. The van der Waals surface area contributed by atoms with Crippen molar-refractivity contribution in [1.29, 1.82) is 0 Å². The monoisotopic (exact) mass is 1110 g/mol. The molecule has 1 aliphatic rings. The lowest BCUT2D eigenvalue weighted by Gasteiger charge is -2.32. The summed E-state index contributed by atoms with van der Waals surface area (Å²) in [6.07, 6.45) is 1.48. The number of rotatable bonds is 27. The first-order chi connectivity index (χ1) is 36.6. The van der Waals surface area contributed by atoms with Crippen molar-refractivity contribution in [3.05, 3.63) is 0 Å². The molecule has 25 heteroatoms. The second-order valence-electron chi connectivity index (χ2n) is 21.6. The Hall–Kier alpha value is -5.95. The number of cyclic esters (lactones) is 1. The Kier molecular flexibility index (Phi) is 32.6. The minimum Gasteiger partial charge on any atom is -0.481 e. The van der Waals surface area contributed by atoms with Crippen molar-refractivity contribution in [2.24, 2.45) is 23.7 Å². The predicted octanol–water partition coefficient (Wildman–Crippen LogP) is -0.150. The van der Waals surface area contributed by atoms with E-state index in [9.17, 15) is 73.2 Å². The lowest BCUT2D eigenvalue weighted by atomic mass is 9.98. The molecule has 1 fully saturated rings. The smallest absolute Gasteiger partial charge is 0.329 e. The van der Waals surface area contributed by atoms with Crippen LogP contribution >= 0.6 is 0 Å². The number of ether oxygens (including phenoxy) is 1. The summed E-state index contributed by atoms with van der Waals surface area (Å²) in [6.45, 7) is 16.4. The van der Waals surface area contributed by atoms with E-state index >= 15 is 0 Å². The van der Waals surface area contributed by atoms with Crippen molar-refractivity contribution < 1.29 is 77.9 Å². The molecule has 1 heterocycles. The number of carboxylic acid groups (broad SMARTS) is 1. The van der Waals surface area contributed by atoms with Crippen molar-refractivity contribution in [2.45, 2.75) is 233 Å².